The molecule has 1 nitrogen and oxygen atoms in total. The van der Waals surface area contributed by atoms with E-state index in [4.69, 9.17) is 23.2 Å². The van der Waals surface area contributed by atoms with E-state index in [1.54, 1.807) is 0 Å². The Bertz CT molecular complexity index is 596. The second-order valence-electron chi connectivity index (χ2n) is 5.31. The van der Waals surface area contributed by atoms with E-state index >= 15 is 0 Å². The van der Waals surface area contributed by atoms with Crippen LogP contribution < -0.4 is 5.32 Å². The molecule has 0 fully saturated rings. The maximum Gasteiger partial charge on any atom is 0.0595 e. The van der Waals surface area contributed by atoms with Gasteiger partial charge in [-0.1, -0.05) is 60.5 Å². The van der Waals surface area contributed by atoms with Gasteiger partial charge in [0.05, 0.1) is 10.0 Å². The highest BCUT2D eigenvalue weighted by atomic mass is 35.5. The number of rotatable bonds is 6. The summed E-state index contributed by atoms with van der Waals surface area (Å²) in [7, 11) is 0. The lowest BCUT2D eigenvalue weighted by atomic mass is 9.89. The molecular weight excluding hydrogens is 301 g/mol. The first-order valence-corrected chi connectivity index (χ1v) is 8.07. The molecule has 0 bridgehead atoms. The number of benzene rings is 2. The summed E-state index contributed by atoms with van der Waals surface area (Å²) in [5.41, 5.74) is 3.94. The Kier molecular flexibility index (Phi) is 6.10. The van der Waals surface area contributed by atoms with E-state index in [0.717, 1.165) is 19.5 Å². The van der Waals surface area contributed by atoms with Crippen molar-refractivity contribution in [3.63, 3.8) is 0 Å². The number of halogens is 2. The second-order valence-corrected chi connectivity index (χ2v) is 6.13. The molecule has 2 aromatic carbocycles. The number of hydrogen-bond acceptors (Lipinski definition) is 1. The molecular formula is C18H21Cl2N. The normalized spacial score (nSPS) is 12.4. The molecule has 0 aromatic heterocycles. The molecule has 0 aliphatic heterocycles. The van der Waals surface area contributed by atoms with Crippen molar-refractivity contribution in [2.75, 3.05) is 13.1 Å². The van der Waals surface area contributed by atoms with Gasteiger partial charge in [-0.25, -0.2) is 0 Å². The third kappa shape index (κ3) is 4.47. The van der Waals surface area contributed by atoms with Gasteiger partial charge >= 0.3 is 0 Å². The zero-order chi connectivity index (χ0) is 15.2. The standard InChI is InChI=1S/C18H21Cl2N/c1-3-21-12-15(16-7-5-4-6-13(16)2)10-14-8-9-17(19)18(20)11-14/h4-9,11,15,21H,3,10,12H2,1-2H3. The highest BCUT2D eigenvalue weighted by molar-refractivity contribution is 6.42. The van der Waals surface area contributed by atoms with Crippen molar-refractivity contribution in [3.05, 3.63) is 69.2 Å². The first-order valence-electron chi connectivity index (χ1n) is 7.32. The highest BCUT2D eigenvalue weighted by Gasteiger charge is 2.14. The molecule has 0 amide bonds. The van der Waals surface area contributed by atoms with Crippen molar-refractivity contribution in [2.45, 2.75) is 26.2 Å². The lowest BCUT2D eigenvalue weighted by molar-refractivity contribution is 0.592. The van der Waals surface area contributed by atoms with Crippen LogP contribution in [0.1, 0.15) is 29.5 Å². The Morgan fingerprint density at radius 2 is 1.81 bits per heavy atom. The van der Waals surface area contributed by atoms with Crippen molar-refractivity contribution in [2.24, 2.45) is 0 Å². The van der Waals surface area contributed by atoms with Crippen molar-refractivity contribution < 1.29 is 0 Å². The van der Waals surface area contributed by atoms with Gasteiger partial charge in [-0.2, -0.15) is 0 Å². The maximum absolute atomic E-state index is 6.13. The van der Waals surface area contributed by atoms with Gasteiger partial charge in [-0.15, -0.1) is 0 Å². The fraction of sp³-hybridized carbons (Fsp3) is 0.333. The van der Waals surface area contributed by atoms with Gasteiger partial charge in [0, 0.05) is 12.5 Å². The Balaban J connectivity index is 2.24. The molecule has 0 aliphatic rings. The Morgan fingerprint density at radius 1 is 1.05 bits per heavy atom. The fourth-order valence-electron chi connectivity index (χ4n) is 2.61. The summed E-state index contributed by atoms with van der Waals surface area (Å²) in [6.45, 7) is 6.24. The molecule has 112 valence electrons. The SMILES string of the molecule is CCNCC(Cc1ccc(Cl)c(Cl)c1)c1ccccc1C. The minimum atomic E-state index is 0.434. The Hall–Kier alpha value is -1.02. The zero-order valence-corrected chi connectivity index (χ0v) is 14.0. The number of aryl methyl sites for hydroxylation is 1. The number of hydrogen-bond donors (Lipinski definition) is 1. The smallest absolute Gasteiger partial charge is 0.0595 e. The van der Waals surface area contributed by atoms with Crippen LogP contribution in [0.3, 0.4) is 0 Å². The highest BCUT2D eigenvalue weighted by Crippen LogP contribution is 2.27. The van der Waals surface area contributed by atoms with Crippen LogP contribution in [0.15, 0.2) is 42.5 Å². The van der Waals surface area contributed by atoms with Crippen LogP contribution in [-0.4, -0.2) is 13.1 Å². The molecule has 0 saturated carbocycles. The van der Waals surface area contributed by atoms with Gasteiger partial charge in [0.2, 0.25) is 0 Å². The molecule has 3 heteroatoms. The molecule has 0 radical (unpaired) electrons. The summed E-state index contributed by atoms with van der Waals surface area (Å²) in [6, 6.07) is 14.5. The van der Waals surface area contributed by atoms with Crippen LogP contribution in [0.25, 0.3) is 0 Å². The lowest BCUT2D eigenvalue weighted by Crippen LogP contribution is -2.23. The third-order valence-corrected chi connectivity index (χ3v) is 4.47. The topological polar surface area (TPSA) is 12.0 Å². The summed E-state index contributed by atoms with van der Waals surface area (Å²) in [5.74, 6) is 0.434. The van der Waals surface area contributed by atoms with E-state index in [-0.39, 0.29) is 0 Å². The molecule has 2 aromatic rings. The quantitative estimate of drug-likeness (QED) is 0.767. The van der Waals surface area contributed by atoms with Crippen molar-refractivity contribution >= 4 is 23.2 Å². The number of likely N-dealkylation sites (N-methyl/N-ethyl adjacent to an activating group) is 1. The van der Waals surface area contributed by atoms with Gasteiger partial charge in [-0.3, -0.25) is 0 Å². The van der Waals surface area contributed by atoms with Gasteiger partial charge in [-0.05, 0) is 48.7 Å². The first-order chi connectivity index (χ1) is 10.1. The van der Waals surface area contributed by atoms with Crippen molar-refractivity contribution in [1.82, 2.24) is 5.32 Å². The lowest BCUT2D eigenvalue weighted by Gasteiger charge is -2.20. The molecule has 0 saturated heterocycles. The first kappa shape index (κ1) is 16.4. The van der Waals surface area contributed by atoms with Crippen LogP contribution in [0.2, 0.25) is 10.0 Å². The van der Waals surface area contributed by atoms with E-state index in [2.05, 4.69) is 49.5 Å². The minimum absolute atomic E-state index is 0.434. The summed E-state index contributed by atoms with van der Waals surface area (Å²) in [5, 5.41) is 4.70. The summed E-state index contributed by atoms with van der Waals surface area (Å²) in [6.07, 6.45) is 0.953. The second kappa shape index (κ2) is 7.84. The van der Waals surface area contributed by atoms with Crippen LogP contribution >= 0.6 is 23.2 Å². The van der Waals surface area contributed by atoms with Gasteiger partial charge < -0.3 is 5.32 Å². The maximum atomic E-state index is 6.13. The molecule has 2 rings (SSSR count). The average Bonchev–Trinajstić information content (AvgIpc) is 2.48. The molecule has 1 unspecified atom stereocenters. The zero-order valence-electron chi connectivity index (χ0n) is 12.5. The monoisotopic (exact) mass is 321 g/mol. The van der Waals surface area contributed by atoms with E-state index in [0.29, 0.717) is 16.0 Å². The largest absolute Gasteiger partial charge is 0.316 e. The van der Waals surface area contributed by atoms with Gasteiger partial charge in [0.1, 0.15) is 0 Å². The molecule has 21 heavy (non-hydrogen) atoms. The summed E-state index contributed by atoms with van der Waals surface area (Å²) < 4.78 is 0. The molecule has 1 N–H and O–H groups in total. The van der Waals surface area contributed by atoms with Crippen molar-refractivity contribution in [1.29, 1.82) is 0 Å². The predicted molar refractivity (Wildman–Crippen MR) is 92.6 cm³/mol. The summed E-state index contributed by atoms with van der Waals surface area (Å²) in [4.78, 5) is 0. The Morgan fingerprint density at radius 3 is 2.48 bits per heavy atom. The Labute approximate surface area is 137 Å². The minimum Gasteiger partial charge on any atom is -0.316 e. The number of nitrogens with one attached hydrogen (secondary N) is 1. The van der Waals surface area contributed by atoms with E-state index < -0.39 is 0 Å². The van der Waals surface area contributed by atoms with E-state index in [1.165, 1.54) is 16.7 Å². The molecule has 0 spiro atoms. The van der Waals surface area contributed by atoms with Crippen LogP contribution in [-0.2, 0) is 6.42 Å². The van der Waals surface area contributed by atoms with Crippen LogP contribution in [0.4, 0.5) is 0 Å². The fourth-order valence-corrected chi connectivity index (χ4v) is 2.93. The molecule has 0 aliphatic carbocycles. The van der Waals surface area contributed by atoms with Crippen LogP contribution in [0.5, 0.6) is 0 Å². The van der Waals surface area contributed by atoms with Gasteiger partial charge in [0.15, 0.2) is 0 Å². The summed E-state index contributed by atoms with van der Waals surface area (Å²) >= 11 is 12.1. The van der Waals surface area contributed by atoms with Crippen LogP contribution in [0, 0.1) is 6.92 Å². The average molecular weight is 322 g/mol. The predicted octanol–water partition coefficient (Wildman–Crippen LogP) is 5.24. The molecule has 0 heterocycles. The van der Waals surface area contributed by atoms with Gasteiger partial charge in [0.25, 0.3) is 0 Å². The van der Waals surface area contributed by atoms with E-state index in [9.17, 15) is 0 Å². The van der Waals surface area contributed by atoms with Crippen molar-refractivity contribution in [3.8, 4) is 0 Å². The third-order valence-electron chi connectivity index (χ3n) is 3.74. The molecule has 1 atom stereocenters. The van der Waals surface area contributed by atoms with E-state index in [1.807, 2.05) is 12.1 Å².